The number of benzene rings is 1. The van der Waals surface area contributed by atoms with Crippen LogP contribution in [0.15, 0.2) is 12.1 Å². The maximum absolute atomic E-state index is 6.35. The van der Waals surface area contributed by atoms with Crippen molar-refractivity contribution in [2.75, 3.05) is 0 Å². The smallest absolute Gasteiger partial charge is 0.128 e. The third-order valence-electron chi connectivity index (χ3n) is 4.30. The van der Waals surface area contributed by atoms with Crippen molar-refractivity contribution >= 4 is 45.8 Å². The Morgan fingerprint density at radius 3 is 2.40 bits per heavy atom. The minimum Gasteiger partial charge on any atom is -0.321 e. The molecule has 20 heavy (non-hydrogen) atoms. The molecule has 1 fully saturated rings. The Morgan fingerprint density at radius 2 is 1.80 bits per heavy atom. The molecule has 0 amide bonds. The minimum atomic E-state index is -0.141. The summed E-state index contributed by atoms with van der Waals surface area (Å²) in [6.45, 7) is 4.24. The van der Waals surface area contributed by atoms with E-state index in [2.05, 4.69) is 11.5 Å². The molecule has 1 aromatic carbocycles. The third kappa shape index (κ3) is 2.22. The molecule has 2 aromatic rings. The van der Waals surface area contributed by atoms with E-state index >= 15 is 0 Å². The monoisotopic (exact) mass is 330 g/mol. The average molecular weight is 332 g/mol. The fourth-order valence-electron chi connectivity index (χ4n) is 3.29. The predicted octanol–water partition coefficient (Wildman–Crippen LogP) is 5.93. The van der Waals surface area contributed by atoms with Crippen LogP contribution in [-0.4, -0.2) is 9.55 Å². The molecule has 0 spiro atoms. The molecule has 5 heteroatoms. The molecule has 1 saturated carbocycles. The average Bonchev–Trinajstić information content (AvgIpc) is 2.95. The predicted molar refractivity (Wildman–Crippen MR) is 86.1 cm³/mol. The van der Waals surface area contributed by atoms with E-state index in [1.54, 1.807) is 0 Å². The first-order chi connectivity index (χ1) is 9.42. The summed E-state index contributed by atoms with van der Waals surface area (Å²) < 4.78 is 2.29. The van der Waals surface area contributed by atoms with Crippen molar-refractivity contribution < 1.29 is 0 Å². The van der Waals surface area contributed by atoms with Crippen molar-refractivity contribution in [3.8, 4) is 0 Å². The summed E-state index contributed by atoms with van der Waals surface area (Å²) in [4.78, 5) is 4.69. The highest BCUT2D eigenvalue weighted by molar-refractivity contribution is 6.42. The highest BCUT2D eigenvalue weighted by Gasteiger charge is 2.35. The van der Waals surface area contributed by atoms with Crippen LogP contribution in [0.5, 0.6) is 0 Å². The summed E-state index contributed by atoms with van der Waals surface area (Å²) in [5, 5.41) is 0.960. The van der Waals surface area contributed by atoms with Crippen molar-refractivity contribution in [3.63, 3.8) is 0 Å². The molecule has 1 aromatic heterocycles. The normalized spacial score (nSPS) is 19.6. The Labute approximate surface area is 134 Å². The van der Waals surface area contributed by atoms with Gasteiger partial charge in [0.25, 0.3) is 0 Å². The van der Waals surface area contributed by atoms with Crippen LogP contribution >= 0.6 is 34.8 Å². The van der Waals surface area contributed by atoms with Crippen LogP contribution < -0.4 is 0 Å². The largest absolute Gasteiger partial charge is 0.321 e. The Hall–Kier alpha value is -0.440. The number of fused-ring (bicyclic) bond motifs is 1. The van der Waals surface area contributed by atoms with Crippen molar-refractivity contribution in [2.45, 2.75) is 50.4 Å². The van der Waals surface area contributed by atoms with Crippen LogP contribution in [0.1, 0.15) is 50.7 Å². The van der Waals surface area contributed by atoms with Crippen LogP contribution in [0.2, 0.25) is 10.0 Å². The quantitative estimate of drug-likeness (QED) is 0.623. The molecule has 2 nitrogen and oxygen atoms in total. The molecule has 1 atom stereocenters. The van der Waals surface area contributed by atoms with E-state index in [4.69, 9.17) is 39.8 Å². The standard InChI is InChI=1S/C15H17Cl3N2/c1-9(16)14-19-12-7-10(17)11(18)8-13(12)20(14)15(2)5-3-4-6-15/h7-9H,3-6H2,1-2H3. The minimum absolute atomic E-state index is 0.0738. The first kappa shape index (κ1) is 14.5. The molecule has 3 rings (SSSR count). The lowest BCUT2D eigenvalue weighted by Gasteiger charge is -2.29. The van der Waals surface area contributed by atoms with Gasteiger partial charge < -0.3 is 4.57 Å². The van der Waals surface area contributed by atoms with Gasteiger partial charge in [-0.2, -0.15) is 0 Å². The van der Waals surface area contributed by atoms with E-state index in [0.29, 0.717) is 10.0 Å². The molecule has 0 bridgehead atoms. The topological polar surface area (TPSA) is 17.8 Å². The molecule has 1 heterocycles. The van der Waals surface area contributed by atoms with E-state index in [0.717, 1.165) is 29.7 Å². The lowest BCUT2D eigenvalue weighted by atomic mass is 9.99. The lowest BCUT2D eigenvalue weighted by molar-refractivity contribution is 0.328. The zero-order valence-corrected chi connectivity index (χ0v) is 13.9. The van der Waals surface area contributed by atoms with Gasteiger partial charge in [-0.1, -0.05) is 36.0 Å². The van der Waals surface area contributed by atoms with Crippen LogP contribution in [0.4, 0.5) is 0 Å². The molecular formula is C15H17Cl3N2. The fourth-order valence-corrected chi connectivity index (χ4v) is 3.75. The van der Waals surface area contributed by atoms with Crippen molar-refractivity contribution in [3.05, 3.63) is 28.0 Å². The van der Waals surface area contributed by atoms with Gasteiger partial charge in [-0.15, -0.1) is 11.6 Å². The number of hydrogen-bond donors (Lipinski definition) is 0. The van der Waals surface area contributed by atoms with Gasteiger partial charge in [0.05, 0.1) is 26.5 Å². The Balaban J connectivity index is 2.31. The summed E-state index contributed by atoms with van der Waals surface area (Å²) in [5.41, 5.74) is 1.98. The van der Waals surface area contributed by atoms with Gasteiger partial charge in [0, 0.05) is 5.54 Å². The van der Waals surface area contributed by atoms with Crippen LogP contribution in [0, 0.1) is 0 Å². The van der Waals surface area contributed by atoms with E-state index in [1.807, 2.05) is 19.1 Å². The Bertz CT molecular complexity index is 655. The van der Waals surface area contributed by atoms with Gasteiger partial charge in [0.15, 0.2) is 0 Å². The number of imidazole rings is 1. The molecule has 0 saturated heterocycles. The third-order valence-corrected chi connectivity index (χ3v) is 5.22. The SMILES string of the molecule is CC(Cl)c1nc2cc(Cl)c(Cl)cc2n1C1(C)CCCC1. The van der Waals surface area contributed by atoms with Crippen molar-refractivity contribution in [2.24, 2.45) is 0 Å². The molecule has 108 valence electrons. The van der Waals surface area contributed by atoms with Crippen LogP contribution in [0.3, 0.4) is 0 Å². The molecule has 0 radical (unpaired) electrons. The molecule has 1 aliphatic carbocycles. The van der Waals surface area contributed by atoms with Gasteiger partial charge in [0.1, 0.15) is 5.82 Å². The second-order valence-corrected chi connectivity index (χ2v) is 7.35. The highest BCUT2D eigenvalue weighted by atomic mass is 35.5. The van der Waals surface area contributed by atoms with E-state index in [9.17, 15) is 0 Å². The lowest BCUT2D eigenvalue weighted by Crippen LogP contribution is -2.28. The molecule has 0 N–H and O–H groups in total. The second-order valence-electron chi connectivity index (χ2n) is 5.88. The van der Waals surface area contributed by atoms with E-state index < -0.39 is 0 Å². The molecule has 0 aliphatic heterocycles. The zero-order valence-electron chi connectivity index (χ0n) is 11.6. The number of alkyl halides is 1. The van der Waals surface area contributed by atoms with Gasteiger partial charge in [-0.05, 0) is 38.8 Å². The van der Waals surface area contributed by atoms with Gasteiger partial charge in [-0.25, -0.2) is 4.98 Å². The highest BCUT2D eigenvalue weighted by Crippen LogP contribution is 2.42. The van der Waals surface area contributed by atoms with Gasteiger partial charge in [0.2, 0.25) is 0 Å². The summed E-state index contributed by atoms with van der Waals surface area (Å²) in [6.07, 6.45) is 4.78. The summed E-state index contributed by atoms with van der Waals surface area (Å²) >= 11 is 18.7. The number of nitrogens with zero attached hydrogens (tertiary/aromatic N) is 2. The van der Waals surface area contributed by atoms with Gasteiger partial charge >= 0.3 is 0 Å². The summed E-state index contributed by atoms with van der Waals surface area (Å²) in [7, 11) is 0. The summed E-state index contributed by atoms with van der Waals surface area (Å²) in [5.74, 6) is 0.907. The van der Waals surface area contributed by atoms with Gasteiger partial charge in [-0.3, -0.25) is 0 Å². The molecular weight excluding hydrogens is 315 g/mol. The maximum Gasteiger partial charge on any atom is 0.128 e. The van der Waals surface area contributed by atoms with Crippen LogP contribution in [0.25, 0.3) is 11.0 Å². The number of halogens is 3. The maximum atomic E-state index is 6.35. The first-order valence-corrected chi connectivity index (χ1v) is 8.13. The van der Waals surface area contributed by atoms with E-state index in [1.165, 1.54) is 12.8 Å². The Kier molecular flexibility index (Phi) is 3.68. The number of hydrogen-bond acceptors (Lipinski definition) is 1. The second kappa shape index (κ2) is 5.08. The van der Waals surface area contributed by atoms with Crippen molar-refractivity contribution in [1.29, 1.82) is 0 Å². The first-order valence-electron chi connectivity index (χ1n) is 6.94. The Morgan fingerprint density at radius 1 is 1.20 bits per heavy atom. The zero-order chi connectivity index (χ0) is 14.5. The fraction of sp³-hybridized carbons (Fsp3) is 0.533. The van der Waals surface area contributed by atoms with Crippen LogP contribution in [-0.2, 0) is 5.54 Å². The number of rotatable bonds is 2. The van der Waals surface area contributed by atoms with Crippen molar-refractivity contribution in [1.82, 2.24) is 9.55 Å². The molecule has 1 unspecified atom stereocenters. The molecule has 1 aliphatic rings. The summed E-state index contributed by atoms with van der Waals surface area (Å²) in [6, 6.07) is 3.75. The van der Waals surface area contributed by atoms with E-state index in [-0.39, 0.29) is 10.9 Å². The number of aromatic nitrogens is 2.